The second-order valence-electron chi connectivity index (χ2n) is 4.65. The molecule has 1 aromatic rings. The SMILES string of the molecule is O=S(=O)(CCCCNC1CC1)NCc1ccco1. The Bertz CT molecular complexity index is 438. The molecule has 0 spiro atoms. The molecule has 0 aliphatic heterocycles. The smallest absolute Gasteiger partial charge is 0.212 e. The molecule has 2 N–H and O–H groups in total. The minimum atomic E-state index is -3.18. The Morgan fingerprint density at radius 2 is 2.17 bits per heavy atom. The molecule has 2 rings (SSSR count). The zero-order valence-corrected chi connectivity index (χ0v) is 11.2. The first-order chi connectivity index (χ1) is 8.66. The van der Waals surface area contributed by atoms with E-state index in [-0.39, 0.29) is 12.3 Å². The molecule has 1 heterocycles. The lowest BCUT2D eigenvalue weighted by molar-refractivity contribution is 0.498. The van der Waals surface area contributed by atoms with Crippen LogP contribution < -0.4 is 10.0 Å². The average Bonchev–Trinajstić information content (AvgIpc) is 3.00. The first-order valence-corrected chi connectivity index (χ1v) is 8.04. The highest BCUT2D eigenvalue weighted by molar-refractivity contribution is 7.89. The van der Waals surface area contributed by atoms with E-state index in [9.17, 15) is 8.42 Å². The Labute approximate surface area is 108 Å². The fraction of sp³-hybridized carbons (Fsp3) is 0.667. The predicted octanol–water partition coefficient (Wildman–Crippen LogP) is 1.23. The Morgan fingerprint density at radius 1 is 1.33 bits per heavy atom. The van der Waals surface area contributed by atoms with Crippen molar-refractivity contribution in [2.45, 2.75) is 38.3 Å². The molecular formula is C12H20N2O3S. The lowest BCUT2D eigenvalue weighted by atomic mass is 10.3. The molecular weight excluding hydrogens is 252 g/mol. The minimum absolute atomic E-state index is 0.181. The zero-order valence-electron chi connectivity index (χ0n) is 10.4. The van der Waals surface area contributed by atoms with Crippen LogP contribution in [0.25, 0.3) is 0 Å². The van der Waals surface area contributed by atoms with E-state index in [1.165, 1.54) is 19.1 Å². The molecule has 6 heteroatoms. The van der Waals surface area contributed by atoms with E-state index >= 15 is 0 Å². The number of furan rings is 1. The Morgan fingerprint density at radius 3 is 2.83 bits per heavy atom. The van der Waals surface area contributed by atoms with Crippen LogP contribution in [-0.4, -0.2) is 26.8 Å². The van der Waals surface area contributed by atoms with Crippen LogP contribution in [-0.2, 0) is 16.6 Å². The van der Waals surface area contributed by atoms with Gasteiger partial charge in [-0.2, -0.15) is 0 Å². The number of unbranched alkanes of at least 4 members (excludes halogenated alkanes) is 1. The van der Waals surface area contributed by atoms with Crippen molar-refractivity contribution in [3.8, 4) is 0 Å². The Hall–Kier alpha value is -0.850. The summed E-state index contributed by atoms with van der Waals surface area (Å²) in [6.45, 7) is 1.15. The minimum Gasteiger partial charge on any atom is -0.468 e. The molecule has 0 amide bonds. The third-order valence-corrected chi connectivity index (χ3v) is 4.31. The lowest BCUT2D eigenvalue weighted by Gasteiger charge is -2.05. The van der Waals surface area contributed by atoms with Gasteiger partial charge in [0.2, 0.25) is 10.0 Å². The molecule has 1 fully saturated rings. The van der Waals surface area contributed by atoms with Crippen molar-refractivity contribution < 1.29 is 12.8 Å². The summed E-state index contributed by atoms with van der Waals surface area (Å²) >= 11 is 0. The zero-order chi connectivity index (χ0) is 12.8. The normalized spacial score (nSPS) is 16.0. The van der Waals surface area contributed by atoms with Crippen LogP contribution in [0.5, 0.6) is 0 Å². The van der Waals surface area contributed by atoms with Crippen LogP contribution in [0.2, 0.25) is 0 Å². The molecule has 1 aliphatic carbocycles. The maximum Gasteiger partial charge on any atom is 0.212 e. The molecule has 102 valence electrons. The monoisotopic (exact) mass is 272 g/mol. The first kappa shape index (κ1) is 13.6. The van der Waals surface area contributed by atoms with E-state index in [2.05, 4.69) is 10.0 Å². The Balaban J connectivity index is 1.57. The molecule has 0 radical (unpaired) electrons. The third-order valence-electron chi connectivity index (χ3n) is 2.90. The van der Waals surface area contributed by atoms with Crippen molar-refractivity contribution in [2.75, 3.05) is 12.3 Å². The van der Waals surface area contributed by atoms with Gasteiger partial charge < -0.3 is 9.73 Å². The predicted molar refractivity (Wildman–Crippen MR) is 69.6 cm³/mol. The van der Waals surface area contributed by atoms with Crippen molar-refractivity contribution in [1.29, 1.82) is 0 Å². The number of hydrogen-bond donors (Lipinski definition) is 2. The number of nitrogens with one attached hydrogen (secondary N) is 2. The highest BCUT2D eigenvalue weighted by atomic mass is 32.2. The summed E-state index contributed by atoms with van der Waals surface area (Å²) in [7, 11) is -3.18. The summed E-state index contributed by atoms with van der Waals surface area (Å²) in [4.78, 5) is 0. The van der Waals surface area contributed by atoms with E-state index in [4.69, 9.17) is 4.42 Å². The molecule has 1 aromatic heterocycles. The molecule has 0 unspecified atom stereocenters. The molecule has 0 bridgehead atoms. The van der Waals surface area contributed by atoms with Crippen LogP contribution in [0, 0.1) is 0 Å². The van der Waals surface area contributed by atoms with Crippen molar-refractivity contribution in [3.05, 3.63) is 24.2 Å². The van der Waals surface area contributed by atoms with Crippen molar-refractivity contribution in [1.82, 2.24) is 10.0 Å². The lowest BCUT2D eigenvalue weighted by Crippen LogP contribution is -2.26. The van der Waals surface area contributed by atoms with Crippen LogP contribution >= 0.6 is 0 Å². The van der Waals surface area contributed by atoms with E-state index in [1.807, 2.05) is 0 Å². The number of rotatable bonds is 9. The van der Waals surface area contributed by atoms with Gasteiger partial charge in [0.1, 0.15) is 5.76 Å². The maximum atomic E-state index is 11.7. The molecule has 5 nitrogen and oxygen atoms in total. The molecule has 0 atom stereocenters. The number of sulfonamides is 1. The van der Waals surface area contributed by atoms with E-state index in [1.54, 1.807) is 12.1 Å². The van der Waals surface area contributed by atoms with Crippen LogP contribution in [0.3, 0.4) is 0 Å². The van der Waals surface area contributed by atoms with Gasteiger partial charge in [-0.3, -0.25) is 0 Å². The van der Waals surface area contributed by atoms with Crippen LogP contribution in [0.4, 0.5) is 0 Å². The quantitative estimate of drug-likeness (QED) is 0.663. The van der Waals surface area contributed by atoms with Gasteiger partial charge in [0, 0.05) is 6.04 Å². The summed E-state index contributed by atoms with van der Waals surface area (Å²) in [5, 5.41) is 3.37. The van der Waals surface area contributed by atoms with Crippen LogP contribution in [0.1, 0.15) is 31.4 Å². The van der Waals surface area contributed by atoms with Gasteiger partial charge in [-0.1, -0.05) is 0 Å². The van der Waals surface area contributed by atoms with Gasteiger partial charge in [-0.05, 0) is 44.4 Å². The first-order valence-electron chi connectivity index (χ1n) is 6.39. The van der Waals surface area contributed by atoms with Gasteiger partial charge in [0.15, 0.2) is 0 Å². The highest BCUT2D eigenvalue weighted by Crippen LogP contribution is 2.18. The highest BCUT2D eigenvalue weighted by Gasteiger charge is 2.19. The summed E-state index contributed by atoms with van der Waals surface area (Å²) in [6, 6.07) is 4.19. The summed E-state index contributed by atoms with van der Waals surface area (Å²) < 4.78 is 30.9. The van der Waals surface area contributed by atoms with Crippen molar-refractivity contribution in [2.24, 2.45) is 0 Å². The fourth-order valence-electron chi connectivity index (χ4n) is 1.68. The standard InChI is InChI=1S/C12H20N2O3S/c15-18(16,14-10-12-4-3-8-17-12)9-2-1-7-13-11-5-6-11/h3-4,8,11,13-14H,1-2,5-7,9-10H2. The maximum absolute atomic E-state index is 11.7. The van der Waals surface area contributed by atoms with Crippen LogP contribution in [0.15, 0.2) is 22.8 Å². The summed E-state index contributed by atoms with van der Waals surface area (Å²) in [5.41, 5.74) is 0. The number of hydrogen-bond acceptors (Lipinski definition) is 4. The molecule has 1 aliphatic rings. The van der Waals surface area contributed by atoms with E-state index in [0.29, 0.717) is 18.2 Å². The van der Waals surface area contributed by atoms with Gasteiger partial charge in [0.05, 0.1) is 18.6 Å². The average molecular weight is 272 g/mol. The second-order valence-corrected chi connectivity index (χ2v) is 6.58. The van der Waals surface area contributed by atoms with Crippen molar-refractivity contribution in [3.63, 3.8) is 0 Å². The molecule has 0 saturated heterocycles. The summed E-state index contributed by atoms with van der Waals surface area (Å²) in [5.74, 6) is 0.814. The molecule has 1 saturated carbocycles. The fourth-order valence-corrected chi connectivity index (χ4v) is 2.77. The van der Waals surface area contributed by atoms with E-state index < -0.39 is 10.0 Å². The second kappa shape index (κ2) is 6.36. The van der Waals surface area contributed by atoms with Gasteiger partial charge in [0.25, 0.3) is 0 Å². The topological polar surface area (TPSA) is 71.3 Å². The van der Waals surface area contributed by atoms with E-state index in [0.717, 1.165) is 13.0 Å². The van der Waals surface area contributed by atoms with Gasteiger partial charge in [-0.15, -0.1) is 0 Å². The Kier molecular flexibility index (Phi) is 4.79. The van der Waals surface area contributed by atoms with Crippen molar-refractivity contribution >= 4 is 10.0 Å². The van der Waals surface area contributed by atoms with Gasteiger partial charge >= 0.3 is 0 Å². The third kappa shape index (κ3) is 5.20. The largest absolute Gasteiger partial charge is 0.468 e. The molecule has 0 aromatic carbocycles. The summed E-state index contributed by atoms with van der Waals surface area (Å²) in [6.07, 6.45) is 5.66. The van der Waals surface area contributed by atoms with Gasteiger partial charge in [-0.25, -0.2) is 13.1 Å². The molecule has 18 heavy (non-hydrogen) atoms.